The number of carbonyl (C=O) groups is 2. The van der Waals surface area contributed by atoms with Gasteiger partial charge in [-0.15, -0.1) is 0 Å². The van der Waals surface area contributed by atoms with Crippen LogP contribution in [0.2, 0.25) is 5.02 Å². The van der Waals surface area contributed by atoms with E-state index in [0.29, 0.717) is 28.9 Å². The van der Waals surface area contributed by atoms with E-state index in [4.69, 9.17) is 11.6 Å². The first kappa shape index (κ1) is 22.1. The second kappa shape index (κ2) is 9.18. The number of carbonyl (C=O) groups excluding carboxylic acids is 2. The highest BCUT2D eigenvalue weighted by molar-refractivity contribution is 7.88. The van der Waals surface area contributed by atoms with E-state index in [1.807, 2.05) is 0 Å². The molecule has 1 aliphatic heterocycles. The van der Waals surface area contributed by atoms with Gasteiger partial charge in [0.15, 0.2) is 5.78 Å². The number of fused-ring (bicyclic) bond motifs is 1. The van der Waals surface area contributed by atoms with Gasteiger partial charge in [-0.25, -0.2) is 8.60 Å². The number of halogens is 2. The number of hydrogen-bond donors (Lipinski definition) is 1. The Kier molecular flexibility index (Phi) is 6.34. The molecule has 0 spiro atoms. The molecule has 9 heteroatoms. The van der Waals surface area contributed by atoms with Crippen molar-refractivity contribution in [1.82, 2.24) is 10.3 Å². The number of aromatic nitrogens is 1. The standard InChI is InChI=1S/C23H19ClFN3O3S/c1-28-20-5-3-16(23(30)27-13-14-6-8-26-9-7-14)12-17(20)22(29)21(32(28)31)11-15-2-4-18(24)19(25)10-15/h2-10,12,21H,11,13H2,1H3,(H,27,30). The summed E-state index contributed by atoms with van der Waals surface area (Å²) in [5.41, 5.74) is 2.53. The first-order chi connectivity index (χ1) is 15.3. The summed E-state index contributed by atoms with van der Waals surface area (Å²) < 4.78 is 28.3. The summed E-state index contributed by atoms with van der Waals surface area (Å²) in [5, 5.41) is 1.90. The fraction of sp³-hybridized carbons (Fsp3) is 0.174. The zero-order valence-electron chi connectivity index (χ0n) is 17.0. The van der Waals surface area contributed by atoms with Gasteiger partial charge in [0.1, 0.15) is 22.1 Å². The summed E-state index contributed by atoms with van der Waals surface area (Å²) in [6.45, 7) is 0.320. The van der Waals surface area contributed by atoms with Crippen molar-refractivity contribution >= 4 is 40.0 Å². The van der Waals surface area contributed by atoms with E-state index in [9.17, 15) is 18.2 Å². The van der Waals surface area contributed by atoms with E-state index in [-0.39, 0.29) is 23.1 Å². The van der Waals surface area contributed by atoms with Crippen molar-refractivity contribution in [3.05, 3.63) is 94.0 Å². The topological polar surface area (TPSA) is 79.4 Å². The molecule has 3 aromatic rings. The van der Waals surface area contributed by atoms with Crippen LogP contribution < -0.4 is 9.62 Å². The van der Waals surface area contributed by atoms with Crippen LogP contribution in [0.3, 0.4) is 0 Å². The van der Waals surface area contributed by atoms with Gasteiger partial charge >= 0.3 is 0 Å². The normalized spacial score (nSPS) is 17.7. The van der Waals surface area contributed by atoms with Crippen molar-refractivity contribution in [2.24, 2.45) is 0 Å². The lowest BCUT2D eigenvalue weighted by atomic mass is 9.98. The van der Waals surface area contributed by atoms with E-state index in [2.05, 4.69) is 10.3 Å². The molecule has 0 saturated carbocycles. The Balaban J connectivity index is 1.57. The molecule has 6 nitrogen and oxygen atoms in total. The van der Waals surface area contributed by atoms with Gasteiger partial charge in [-0.1, -0.05) is 17.7 Å². The summed E-state index contributed by atoms with van der Waals surface area (Å²) in [7, 11) is -0.0254. The molecule has 0 saturated heterocycles. The van der Waals surface area contributed by atoms with E-state index >= 15 is 0 Å². The molecule has 1 N–H and O–H groups in total. The van der Waals surface area contributed by atoms with Gasteiger partial charge in [0.05, 0.1) is 10.7 Å². The third-order valence-electron chi connectivity index (χ3n) is 5.28. The van der Waals surface area contributed by atoms with Gasteiger partial charge < -0.3 is 5.32 Å². The van der Waals surface area contributed by atoms with Gasteiger partial charge in [0.2, 0.25) is 0 Å². The average molecular weight is 472 g/mol. The smallest absolute Gasteiger partial charge is 0.251 e. The van der Waals surface area contributed by atoms with Crippen LogP contribution in [0.15, 0.2) is 60.9 Å². The van der Waals surface area contributed by atoms with Crippen LogP contribution in [0.5, 0.6) is 0 Å². The summed E-state index contributed by atoms with van der Waals surface area (Å²) in [6, 6.07) is 12.6. The third-order valence-corrected chi connectivity index (χ3v) is 7.19. The monoisotopic (exact) mass is 471 g/mol. The molecule has 1 aliphatic rings. The van der Waals surface area contributed by atoms with Crippen LogP contribution in [0, 0.1) is 5.82 Å². The number of rotatable bonds is 5. The zero-order chi connectivity index (χ0) is 22.8. The maximum atomic E-state index is 13.8. The molecule has 0 aliphatic carbocycles. The Labute approximate surface area is 192 Å². The Hall–Kier alpha value is -3.10. The number of Topliss-reactive ketones (excluding diaryl/α,β-unsaturated/α-hetero) is 1. The number of benzene rings is 2. The maximum Gasteiger partial charge on any atom is 0.251 e. The Morgan fingerprint density at radius 2 is 1.91 bits per heavy atom. The second-order valence-corrected chi connectivity index (χ2v) is 9.43. The number of pyridine rings is 1. The minimum atomic E-state index is -1.65. The summed E-state index contributed by atoms with van der Waals surface area (Å²) in [4.78, 5) is 29.8. The molecular formula is C23H19ClFN3O3S. The first-order valence-corrected chi connectivity index (χ1v) is 11.3. The van der Waals surface area contributed by atoms with Crippen LogP contribution in [-0.4, -0.2) is 33.2 Å². The molecule has 0 fully saturated rings. The van der Waals surface area contributed by atoms with Crippen molar-refractivity contribution in [3.63, 3.8) is 0 Å². The van der Waals surface area contributed by atoms with E-state index in [0.717, 1.165) is 5.56 Å². The lowest BCUT2D eigenvalue weighted by molar-refractivity contribution is 0.0951. The quantitative estimate of drug-likeness (QED) is 0.615. The van der Waals surface area contributed by atoms with Crippen molar-refractivity contribution in [3.8, 4) is 0 Å². The molecule has 1 aromatic heterocycles. The molecule has 2 heterocycles. The number of nitrogens with zero attached hydrogens (tertiary/aromatic N) is 2. The molecule has 32 heavy (non-hydrogen) atoms. The van der Waals surface area contributed by atoms with Gasteiger partial charge in [0.25, 0.3) is 5.91 Å². The van der Waals surface area contributed by atoms with E-state index in [1.165, 1.54) is 22.5 Å². The van der Waals surface area contributed by atoms with Gasteiger partial charge in [0, 0.05) is 37.1 Å². The molecular weight excluding hydrogens is 453 g/mol. The summed E-state index contributed by atoms with van der Waals surface area (Å²) >= 11 is 5.73. The predicted molar refractivity (Wildman–Crippen MR) is 122 cm³/mol. The van der Waals surface area contributed by atoms with Crippen LogP contribution in [0.25, 0.3) is 0 Å². The minimum Gasteiger partial charge on any atom is -0.348 e. The first-order valence-electron chi connectivity index (χ1n) is 9.79. The Morgan fingerprint density at radius 3 is 2.62 bits per heavy atom. The van der Waals surface area contributed by atoms with Crippen LogP contribution >= 0.6 is 11.6 Å². The van der Waals surface area contributed by atoms with Gasteiger partial charge in [-0.3, -0.25) is 18.9 Å². The highest BCUT2D eigenvalue weighted by Gasteiger charge is 2.37. The SMILES string of the molecule is CN1c2ccc(C(=O)NCc3ccncc3)cc2C(=O)C(Cc2ccc(Cl)c(F)c2)S1=O. The third kappa shape index (κ3) is 4.42. The molecule has 164 valence electrons. The maximum absolute atomic E-state index is 13.8. The molecule has 0 radical (unpaired) electrons. The summed E-state index contributed by atoms with van der Waals surface area (Å²) in [6.07, 6.45) is 3.37. The fourth-order valence-electron chi connectivity index (χ4n) is 3.53. The molecule has 1 amide bonds. The highest BCUT2D eigenvalue weighted by Crippen LogP contribution is 2.32. The Bertz CT molecular complexity index is 1220. The lowest BCUT2D eigenvalue weighted by Gasteiger charge is -2.31. The molecule has 0 bridgehead atoms. The van der Waals surface area contributed by atoms with Crippen molar-refractivity contribution in [2.45, 2.75) is 18.2 Å². The molecule has 2 aromatic carbocycles. The zero-order valence-corrected chi connectivity index (χ0v) is 18.6. The predicted octanol–water partition coefficient (Wildman–Crippen LogP) is 3.71. The van der Waals surface area contributed by atoms with Gasteiger partial charge in [-0.05, 0) is 60.0 Å². The minimum absolute atomic E-state index is 0.0188. The van der Waals surface area contributed by atoms with Crippen molar-refractivity contribution < 1.29 is 18.2 Å². The lowest BCUT2D eigenvalue weighted by Crippen LogP contribution is -2.42. The largest absolute Gasteiger partial charge is 0.348 e. The average Bonchev–Trinajstić information content (AvgIpc) is 2.81. The van der Waals surface area contributed by atoms with Crippen molar-refractivity contribution in [1.29, 1.82) is 0 Å². The van der Waals surface area contributed by atoms with Gasteiger partial charge in [-0.2, -0.15) is 0 Å². The number of nitrogens with one attached hydrogen (secondary N) is 1. The van der Waals surface area contributed by atoms with Crippen LogP contribution in [0.4, 0.5) is 10.1 Å². The highest BCUT2D eigenvalue weighted by atomic mass is 35.5. The van der Waals surface area contributed by atoms with E-state index in [1.54, 1.807) is 49.8 Å². The van der Waals surface area contributed by atoms with Crippen molar-refractivity contribution in [2.75, 3.05) is 11.4 Å². The fourth-order valence-corrected chi connectivity index (χ4v) is 5.03. The van der Waals surface area contributed by atoms with Crippen LogP contribution in [0.1, 0.15) is 31.8 Å². The number of ketones is 1. The Morgan fingerprint density at radius 1 is 1.16 bits per heavy atom. The summed E-state index contributed by atoms with van der Waals surface area (Å²) in [5.74, 6) is -1.28. The molecule has 2 atom stereocenters. The number of hydrogen-bond acceptors (Lipinski definition) is 4. The number of anilines is 1. The van der Waals surface area contributed by atoms with Crippen LogP contribution in [-0.2, 0) is 24.0 Å². The second-order valence-electron chi connectivity index (χ2n) is 7.35. The molecule has 4 rings (SSSR count). The number of amides is 1. The van der Waals surface area contributed by atoms with E-state index < -0.39 is 22.1 Å². The molecule has 2 unspecified atom stereocenters.